The van der Waals surface area contributed by atoms with E-state index in [1.54, 1.807) is 42.3 Å². The quantitative estimate of drug-likeness (QED) is 0.534. The van der Waals surface area contributed by atoms with Gasteiger partial charge in [0.15, 0.2) is 0 Å². The minimum absolute atomic E-state index is 0.185. The normalized spacial score (nSPS) is 22.4. The summed E-state index contributed by atoms with van der Waals surface area (Å²) < 4.78 is 4.79. The molecule has 2 aliphatic carbocycles. The van der Waals surface area contributed by atoms with E-state index in [-0.39, 0.29) is 29.2 Å². The number of aromatic amines is 2. The number of amides is 2. The largest absolute Gasteiger partial charge is 0.464 e. The van der Waals surface area contributed by atoms with E-state index in [4.69, 9.17) is 4.74 Å². The zero-order chi connectivity index (χ0) is 23.1. The Hall–Kier alpha value is -4.14. The Bertz CT molecular complexity index is 1440. The van der Waals surface area contributed by atoms with Crippen LogP contribution in [0.3, 0.4) is 0 Å². The standard InChI is InChI=1S/C24H20N4O5/c1-25-21(30)11-3-4-15-12(5-11)6-16(26-15)22(31)28-10-13-9-24(13)14-7-17(23(32)33-2)27-20(14)18(29)8-19(24)28/h3-8,13,26-27H,9-10H2,1-2H3,(H,25,30)/t13-,24-/m1/s1. The molecule has 166 valence electrons. The van der Waals surface area contributed by atoms with E-state index in [0.717, 1.165) is 22.9 Å². The van der Waals surface area contributed by atoms with E-state index in [2.05, 4.69) is 15.3 Å². The third kappa shape index (κ3) is 2.53. The molecule has 1 spiro atoms. The number of carbonyl (C=O) groups excluding carboxylic acids is 4. The van der Waals surface area contributed by atoms with E-state index >= 15 is 0 Å². The summed E-state index contributed by atoms with van der Waals surface area (Å²) in [4.78, 5) is 57.9. The number of likely N-dealkylation sites (tertiary alicyclic amines) is 1. The topological polar surface area (TPSA) is 124 Å². The molecule has 3 heterocycles. The first-order valence-corrected chi connectivity index (χ1v) is 10.6. The van der Waals surface area contributed by atoms with Gasteiger partial charge in [-0.1, -0.05) is 0 Å². The second-order valence-electron chi connectivity index (χ2n) is 8.71. The molecular weight excluding hydrogens is 424 g/mol. The molecule has 3 N–H and O–H groups in total. The number of hydrogen-bond acceptors (Lipinski definition) is 5. The van der Waals surface area contributed by atoms with Gasteiger partial charge in [0.05, 0.1) is 12.8 Å². The fraction of sp³-hybridized carbons (Fsp3) is 0.250. The van der Waals surface area contributed by atoms with E-state index in [1.165, 1.54) is 13.2 Å². The molecule has 3 aromatic rings. The van der Waals surface area contributed by atoms with Gasteiger partial charge in [-0.2, -0.15) is 0 Å². The van der Waals surface area contributed by atoms with Gasteiger partial charge in [0.1, 0.15) is 11.4 Å². The Kier molecular flexibility index (Phi) is 3.81. The predicted octanol–water partition coefficient (Wildman–Crippen LogP) is 2.14. The fourth-order valence-corrected chi connectivity index (χ4v) is 5.39. The number of piperidine rings is 1. The molecule has 0 unspecified atom stereocenters. The molecule has 0 radical (unpaired) electrons. The molecule has 2 atom stereocenters. The van der Waals surface area contributed by atoms with Crippen LogP contribution in [0.25, 0.3) is 10.9 Å². The molecule has 2 amide bonds. The number of aromatic nitrogens is 2. The summed E-state index contributed by atoms with van der Waals surface area (Å²) in [5.74, 6) is -1.05. The second kappa shape index (κ2) is 6.44. The minimum Gasteiger partial charge on any atom is -0.464 e. The third-order valence-corrected chi connectivity index (χ3v) is 7.06. The van der Waals surface area contributed by atoms with Gasteiger partial charge in [-0.05, 0) is 48.2 Å². The summed E-state index contributed by atoms with van der Waals surface area (Å²) in [7, 11) is 2.86. The average molecular weight is 444 g/mol. The maximum Gasteiger partial charge on any atom is 0.354 e. The summed E-state index contributed by atoms with van der Waals surface area (Å²) in [6, 6.07) is 8.60. The number of allylic oxidation sites excluding steroid dienone is 2. The van der Waals surface area contributed by atoms with Gasteiger partial charge in [-0.25, -0.2) is 4.79 Å². The van der Waals surface area contributed by atoms with Crippen molar-refractivity contribution in [3.63, 3.8) is 0 Å². The summed E-state index contributed by atoms with van der Waals surface area (Å²) in [5, 5.41) is 3.34. The van der Waals surface area contributed by atoms with Crippen LogP contribution in [0.1, 0.15) is 53.8 Å². The Balaban J connectivity index is 1.36. The van der Waals surface area contributed by atoms with Crippen molar-refractivity contribution in [3.8, 4) is 0 Å². The Labute approximate surface area is 187 Å². The molecular formula is C24H20N4O5. The molecule has 2 aromatic heterocycles. The van der Waals surface area contributed by atoms with Crippen LogP contribution in [0.4, 0.5) is 0 Å². The number of benzene rings is 1. The van der Waals surface area contributed by atoms with Crippen LogP contribution in [0.5, 0.6) is 0 Å². The number of carbonyl (C=O) groups is 4. The highest BCUT2D eigenvalue weighted by molar-refractivity contribution is 6.10. The van der Waals surface area contributed by atoms with E-state index in [1.807, 2.05) is 0 Å². The molecule has 6 rings (SSSR count). The highest BCUT2D eigenvalue weighted by Gasteiger charge is 2.67. The van der Waals surface area contributed by atoms with Crippen LogP contribution in [0.2, 0.25) is 0 Å². The minimum atomic E-state index is -0.535. The van der Waals surface area contributed by atoms with Gasteiger partial charge in [0, 0.05) is 47.2 Å². The number of H-pyrrole nitrogens is 2. The number of fused-ring (bicyclic) bond motifs is 2. The zero-order valence-corrected chi connectivity index (χ0v) is 17.9. The Morgan fingerprint density at radius 3 is 2.73 bits per heavy atom. The van der Waals surface area contributed by atoms with Gasteiger partial charge >= 0.3 is 5.97 Å². The molecule has 1 saturated heterocycles. The van der Waals surface area contributed by atoms with Crippen molar-refractivity contribution >= 4 is 34.5 Å². The van der Waals surface area contributed by atoms with Gasteiger partial charge in [0.25, 0.3) is 11.8 Å². The number of nitrogens with zero attached hydrogens (tertiary/aromatic N) is 1. The lowest BCUT2D eigenvalue weighted by molar-refractivity contribution is 0.0594. The van der Waals surface area contributed by atoms with Gasteiger partial charge in [-0.3, -0.25) is 14.4 Å². The average Bonchev–Trinajstić information content (AvgIpc) is 3.18. The first kappa shape index (κ1) is 19.5. The molecule has 1 saturated carbocycles. The summed E-state index contributed by atoms with van der Waals surface area (Å²) in [6.07, 6.45) is 2.33. The van der Waals surface area contributed by atoms with E-state index < -0.39 is 11.4 Å². The number of hydrogen-bond donors (Lipinski definition) is 3. The number of methoxy groups -OCH3 is 1. The number of esters is 1. The van der Waals surface area contributed by atoms with Crippen molar-refractivity contribution in [2.75, 3.05) is 20.7 Å². The lowest BCUT2D eigenvalue weighted by atomic mass is 9.85. The maximum absolute atomic E-state index is 13.5. The maximum atomic E-state index is 13.5. The Morgan fingerprint density at radius 1 is 1.15 bits per heavy atom. The Morgan fingerprint density at radius 2 is 1.97 bits per heavy atom. The highest BCUT2D eigenvalue weighted by atomic mass is 16.5. The van der Waals surface area contributed by atoms with Crippen molar-refractivity contribution in [3.05, 3.63) is 70.3 Å². The van der Waals surface area contributed by atoms with Crippen LogP contribution in [0, 0.1) is 5.92 Å². The molecule has 0 bridgehead atoms. The van der Waals surface area contributed by atoms with Gasteiger partial charge < -0.3 is 24.9 Å². The van der Waals surface area contributed by atoms with Crippen molar-refractivity contribution in [2.24, 2.45) is 5.92 Å². The fourth-order valence-electron chi connectivity index (χ4n) is 5.39. The van der Waals surface area contributed by atoms with E-state index in [9.17, 15) is 19.2 Å². The summed E-state index contributed by atoms with van der Waals surface area (Å²) in [5.41, 5.74) is 3.27. The number of ether oxygens (including phenoxy) is 1. The summed E-state index contributed by atoms with van der Waals surface area (Å²) in [6.45, 7) is 0.495. The van der Waals surface area contributed by atoms with Crippen molar-refractivity contribution in [1.29, 1.82) is 0 Å². The molecule has 9 nitrogen and oxygen atoms in total. The van der Waals surface area contributed by atoms with Crippen LogP contribution < -0.4 is 5.32 Å². The first-order chi connectivity index (χ1) is 15.9. The number of nitrogens with one attached hydrogen (secondary N) is 3. The molecule has 1 aliphatic heterocycles. The molecule has 3 aliphatic rings. The number of rotatable bonds is 3. The lowest BCUT2D eigenvalue weighted by Gasteiger charge is -2.27. The highest BCUT2D eigenvalue weighted by Crippen LogP contribution is 2.66. The predicted molar refractivity (Wildman–Crippen MR) is 117 cm³/mol. The monoisotopic (exact) mass is 444 g/mol. The molecule has 9 heteroatoms. The van der Waals surface area contributed by atoms with Crippen molar-refractivity contribution < 1.29 is 23.9 Å². The first-order valence-electron chi connectivity index (χ1n) is 10.6. The van der Waals surface area contributed by atoms with Crippen molar-refractivity contribution in [2.45, 2.75) is 11.8 Å². The molecule has 1 aromatic carbocycles. The van der Waals surface area contributed by atoms with Gasteiger partial charge in [-0.15, -0.1) is 0 Å². The van der Waals surface area contributed by atoms with Crippen LogP contribution in [-0.4, -0.2) is 59.1 Å². The second-order valence-corrected chi connectivity index (χ2v) is 8.71. The number of ketones is 1. The van der Waals surface area contributed by atoms with Crippen molar-refractivity contribution in [1.82, 2.24) is 20.2 Å². The molecule has 33 heavy (non-hydrogen) atoms. The van der Waals surface area contributed by atoms with E-state index in [0.29, 0.717) is 29.2 Å². The zero-order valence-electron chi connectivity index (χ0n) is 17.9. The lowest BCUT2D eigenvalue weighted by Crippen LogP contribution is -2.33. The van der Waals surface area contributed by atoms with Crippen LogP contribution in [0.15, 0.2) is 42.1 Å². The molecule has 2 fully saturated rings. The van der Waals surface area contributed by atoms with Crippen LogP contribution in [-0.2, 0) is 10.2 Å². The van der Waals surface area contributed by atoms with Gasteiger partial charge in [0.2, 0.25) is 5.78 Å². The smallest absolute Gasteiger partial charge is 0.354 e. The SMILES string of the molecule is CNC(=O)c1ccc2[nH]c(C(=O)N3C[C@H]4C[C@@]45C3=CC(=O)c3[nH]c(C(=O)OC)cc35)cc2c1. The summed E-state index contributed by atoms with van der Waals surface area (Å²) >= 11 is 0. The third-order valence-electron chi connectivity index (χ3n) is 7.06. The van der Waals surface area contributed by atoms with Crippen LogP contribution >= 0.6 is 0 Å².